The van der Waals surface area contributed by atoms with E-state index in [1.165, 1.54) is 5.56 Å². The minimum atomic E-state index is -0.462. The Morgan fingerprint density at radius 2 is 1.66 bits per heavy atom. The molecule has 3 amide bonds. The van der Waals surface area contributed by atoms with Crippen molar-refractivity contribution in [2.75, 3.05) is 49.7 Å². The number of hydrogen-bond acceptors (Lipinski definition) is 8. The van der Waals surface area contributed by atoms with Gasteiger partial charge in [0.1, 0.15) is 5.75 Å². The number of fused-ring (bicyclic) bond motifs is 1. The molecular weight excluding hydrogens is 670 g/mol. The molecule has 3 aromatic rings. The summed E-state index contributed by atoms with van der Waals surface area (Å²) in [5.74, 6) is -0.159. The third-order valence-corrected chi connectivity index (χ3v) is 9.66. The van der Waals surface area contributed by atoms with Crippen molar-refractivity contribution in [1.29, 1.82) is 0 Å². The van der Waals surface area contributed by atoms with E-state index in [9.17, 15) is 19.5 Å². The lowest BCUT2D eigenvalue weighted by Gasteiger charge is -2.36. The number of nitrogens with two attached hydrogens (primary N) is 1. The highest BCUT2D eigenvalue weighted by molar-refractivity contribution is 6.00. The van der Waals surface area contributed by atoms with Gasteiger partial charge in [0.05, 0.1) is 41.8 Å². The number of hydrogen-bond donors (Lipinski definition) is 4. The van der Waals surface area contributed by atoms with Crippen LogP contribution < -0.4 is 21.1 Å². The maximum atomic E-state index is 14.4. The SMILES string of the molecule is C[C@@H]1CCCCO[C@H](CN(C)Cc2ccccc2)[C@@H](C)CN([C@H](C)CO)C(=O)c2cc(NC(=O)CCCCCC(=O)Nc3ccccc3N)ccc2O1. The number of nitrogens with zero attached hydrogens (tertiary/aromatic N) is 2. The van der Waals surface area contributed by atoms with Gasteiger partial charge in [0.15, 0.2) is 0 Å². The quantitative estimate of drug-likeness (QED) is 0.106. The molecule has 11 nitrogen and oxygen atoms in total. The Hall–Kier alpha value is -4.45. The van der Waals surface area contributed by atoms with E-state index in [1.54, 1.807) is 35.2 Å². The van der Waals surface area contributed by atoms with Crippen LogP contribution in [-0.4, -0.2) is 84.2 Å². The molecule has 4 atom stereocenters. The lowest BCUT2D eigenvalue weighted by atomic mass is 10.0. The van der Waals surface area contributed by atoms with Gasteiger partial charge in [0.25, 0.3) is 5.91 Å². The van der Waals surface area contributed by atoms with Gasteiger partial charge in [-0.2, -0.15) is 0 Å². The molecule has 1 aliphatic heterocycles. The summed E-state index contributed by atoms with van der Waals surface area (Å²) in [6.45, 7) is 8.17. The van der Waals surface area contributed by atoms with Crippen molar-refractivity contribution in [3.63, 3.8) is 0 Å². The largest absolute Gasteiger partial charge is 0.490 e. The van der Waals surface area contributed by atoms with E-state index in [0.29, 0.717) is 73.8 Å². The summed E-state index contributed by atoms with van der Waals surface area (Å²) >= 11 is 0. The minimum absolute atomic E-state index is 0.0390. The Kier molecular flexibility index (Phi) is 16.6. The number of carbonyl (C=O) groups excluding carboxylic acids is 3. The molecule has 1 aliphatic rings. The van der Waals surface area contributed by atoms with Crippen LogP contribution in [-0.2, 0) is 20.9 Å². The average molecular weight is 730 g/mol. The summed E-state index contributed by atoms with van der Waals surface area (Å²) in [6, 6.07) is 22.2. The molecule has 3 aromatic carbocycles. The third kappa shape index (κ3) is 13.5. The van der Waals surface area contributed by atoms with Crippen molar-refractivity contribution in [2.24, 2.45) is 5.92 Å². The molecular formula is C42H59N5O6. The molecule has 4 rings (SSSR count). The number of amides is 3. The number of aliphatic hydroxyl groups is 1. The first-order valence-corrected chi connectivity index (χ1v) is 19.0. The van der Waals surface area contributed by atoms with Crippen molar-refractivity contribution in [3.05, 3.63) is 83.9 Å². The second kappa shape index (κ2) is 21.3. The maximum absolute atomic E-state index is 14.4. The van der Waals surface area contributed by atoms with Gasteiger partial charge in [-0.1, -0.05) is 55.8 Å². The number of anilines is 3. The van der Waals surface area contributed by atoms with Crippen LogP contribution in [0.25, 0.3) is 0 Å². The van der Waals surface area contributed by atoms with Crippen LogP contribution in [0.2, 0.25) is 0 Å². The Labute approximate surface area is 315 Å². The molecule has 0 unspecified atom stereocenters. The van der Waals surface area contributed by atoms with E-state index in [4.69, 9.17) is 15.2 Å². The second-order valence-corrected chi connectivity index (χ2v) is 14.4. The molecule has 0 saturated carbocycles. The van der Waals surface area contributed by atoms with E-state index in [2.05, 4.69) is 41.6 Å². The number of rotatable bonds is 14. The monoisotopic (exact) mass is 729 g/mol. The standard InChI is InChI=1S/C42H59N5O6/c1-30-26-47(31(2)29-48)42(51)35-25-34(44-40(49)20-9-6-10-21-41(50)45-37-19-12-11-18-36(37)43)22-23-38(35)53-32(3)15-13-14-24-52-39(30)28-46(4)27-33-16-7-5-8-17-33/h5,7-8,11-12,16-19,22-23,25,30-32,39,48H,6,9-10,13-15,20-21,24,26-29,43H2,1-4H3,(H,44,49)(H,45,50)/t30-,31+,32+,39+/m0/s1. The van der Waals surface area contributed by atoms with Crippen LogP contribution in [0, 0.1) is 5.92 Å². The molecule has 0 fully saturated rings. The van der Waals surface area contributed by atoms with Crippen molar-refractivity contribution in [2.45, 2.75) is 96.9 Å². The predicted molar refractivity (Wildman–Crippen MR) is 211 cm³/mol. The molecule has 0 saturated heterocycles. The number of benzene rings is 3. The smallest absolute Gasteiger partial charge is 0.258 e. The van der Waals surface area contributed by atoms with Crippen LogP contribution in [0.3, 0.4) is 0 Å². The van der Waals surface area contributed by atoms with Crippen molar-refractivity contribution >= 4 is 34.8 Å². The van der Waals surface area contributed by atoms with Gasteiger partial charge < -0.3 is 35.8 Å². The summed E-state index contributed by atoms with van der Waals surface area (Å²) in [5.41, 5.74) is 9.07. The van der Waals surface area contributed by atoms with Crippen LogP contribution in [0.4, 0.5) is 17.1 Å². The molecule has 0 aromatic heterocycles. The van der Waals surface area contributed by atoms with Gasteiger partial charge in [-0.05, 0) is 88.9 Å². The molecule has 53 heavy (non-hydrogen) atoms. The third-order valence-electron chi connectivity index (χ3n) is 9.66. The molecule has 11 heteroatoms. The fourth-order valence-electron chi connectivity index (χ4n) is 6.52. The van der Waals surface area contributed by atoms with Crippen LogP contribution in [0.15, 0.2) is 72.8 Å². The topological polar surface area (TPSA) is 146 Å². The summed E-state index contributed by atoms with van der Waals surface area (Å²) in [7, 11) is 2.08. The summed E-state index contributed by atoms with van der Waals surface area (Å²) < 4.78 is 12.8. The number of nitrogens with one attached hydrogen (secondary N) is 2. The fourth-order valence-corrected chi connectivity index (χ4v) is 6.52. The zero-order valence-electron chi connectivity index (χ0n) is 31.9. The van der Waals surface area contributed by atoms with Crippen LogP contribution in [0.5, 0.6) is 5.75 Å². The molecule has 5 N–H and O–H groups in total. The predicted octanol–water partition coefficient (Wildman–Crippen LogP) is 6.72. The van der Waals surface area contributed by atoms with Crippen molar-refractivity contribution in [3.8, 4) is 5.75 Å². The van der Waals surface area contributed by atoms with E-state index in [0.717, 1.165) is 25.8 Å². The van der Waals surface area contributed by atoms with E-state index in [-0.39, 0.29) is 48.9 Å². The fraction of sp³-hybridized carbons (Fsp3) is 0.500. The average Bonchev–Trinajstić information content (AvgIpc) is 3.14. The normalized spacial score (nSPS) is 19.1. The van der Waals surface area contributed by atoms with E-state index < -0.39 is 6.04 Å². The summed E-state index contributed by atoms with van der Waals surface area (Å²) in [6.07, 6.45) is 4.89. The number of carbonyl (C=O) groups is 3. The van der Waals surface area contributed by atoms with E-state index in [1.807, 2.05) is 44.2 Å². The highest BCUT2D eigenvalue weighted by atomic mass is 16.5. The summed E-state index contributed by atoms with van der Waals surface area (Å²) in [4.78, 5) is 43.7. The van der Waals surface area contributed by atoms with Gasteiger partial charge in [-0.3, -0.25) is 19.3 Å². The summed E-state index contributed by atoms with van der Waals surface area (Å²) in [5, 5.41) is 16.1. The highest BCUT2D eigenvalue weighted by Gasteiger charge is 2.30. The van der Waals surface area contributed by atoms with Crippen LogP contribution >= 0.6 is 0 Å². The molecule has 0 bridgehead atoms. The second-order valence-electron chi connectivity index (χ2n) is 14.4. The number of likely N-dealkylation sites (N-methyl/N-ethyl adjacent to an activating group) is 1. The van der Waals surface area contributed by atoms with Crippen molar-refractivity contribution in [1.82, 2.24) is 9.80 Å². The highest BCUT2D eigenvalue weighted by Crippen LogP contribution is 2.29. The van der Waals surface area contributed by atoms with Gasteiger partial charge in [0, 0.05) is 50.7 Å². The Bertz CT molecular complexity index is 1600. The number of unbranched alkanes of at least 4 members (excludes halogenated alkanes) is 2. The number of aliphatic hydroxyl groups excluding tert-OH is 1. The Morgan fingerprint density at radius 1 is 0.962 bits per heavy atom. The molecule has 1 heterocycles. The number of nitrogen functional groups attached to an aromatic ring is 1. The zero-order chi connectivity index (χ0) is 38.2. The lowest BCUT2D eigenvalue weighted by Crippen LogP contribution is -2.47. The number of ether oxygens (including phenoxy) is 2. The molecule has 0 spiro atoms. The van der Waals surface area contributed by atoms with E-state index >= 15 is 0 Å². The first-order valence-electron chi connectivity index (χ1n) is 19.0. The lowest BCUT2D eigenvalue weighted by molar-refractivity contribution is -0.116. The maximum Gasteiger partial charge on any atom is 0.258 e. The minimum Gasteiger partial charge on any atom is -0.490 e. The van der Waals surface area contributed by atoms with Gasteiger partial charge >= 0.3 is 0 Å². The molecule has 0 radical (unpaired) electrons. The first kappa shape index (κ1) is 41.3. The van der Waals surface area contributed by atoms with Crippen LogP contribution in [0.1, 0.15) is 88.1 Å². The Balaban J connectivity index is 1.42. The van der Waals surface area contributed by atoms with Gasteiger partial charge in [-0.15, -0.1) is 0 Å². The zero-order valence-corrected chi connectivity index (χ0v) is 31.9. The van der Waals surface area contributed by atoms with Crippen molar-refractivity contribution < 1.29 is 29.0 Å². The first-order chi connectivity index (χ1) is 25.5. The molecule has 0 aliphatic carbocycles. The number of para-hydroxylation sites is 2. The van der Waals surface area contributed by atoms with Gasteiger partial charge in [0.2, 0.25) is 11.8 Å². The van der Waals surface area contributed by atoms with Gasteiger partial charge in [-0.25, -0.2) is 0 Å². The Morgan fingerprint density at radius 3 is 2.38 bits per heavy atom. The molecule has 288 valence electrons.